The number of thiazole rings is 2. The Morgan fingerprint density at radius 3 is 2.81 bits per heavy atom. The summed E-state index contributed by atoms with van der Waals surface area (Å²) in [4.78, 5) is 33.7. The quantitative estimate of drug-likeness (QED) is 0.356. The van der Waals surface area contributed by atoms with Crippen LogP contribution in [0, 0.1) is 0 Å². The zero-order valence-corrected chi connectivity index (χ0v) is 19.1. The summed E-state index contributed by atoms with van der Waals surface area (Å²) < 4.78 is 6.26. The molecule has 0 fully saturated rings. The lowest BCUT2D eigenvalue weighted by Gasteiger charge is -2.16. The van der Waals surface area contributed by atoms with Crippen molar-refractivity contribution < 1.29 is 14.3 Å². The highest BCUT2D eigenvalue weighted by Gasteiger charge is 2.20. The number of methoxy groups -OCH3 is 1. The van der Waals surface area contributed by atoms with Crippen LogP contribution in [0.25, 0.3) is 10.2 Å². The van der Waals surface area contributed by atoms with E-state index in [4.69, 9.17) is 16.3 Å². The van der Waals surface area contributed by atoms with Crippen molar-refractivity contribution in [1.82, 2.24) is 9.97 Å². The average Bonchev–Trinajstić information content (AvgIpc) is 3.42. The fourth-order valence-electron chi connectivity index (χ4n) is 3.14. The second-order valence-electron chi connectivity index (χ2n) is 6.86. The Labute approximate surface area is 191 Å². The van der Waals surface area contributed by atoms with Crippen molar-refractivity contribution in [2.45, 2.75) is 19.3 Å². The first-order valence-corrected chi connectivity index (χ1v) is 11.5. The third kappa shape index (κ3) is 4.76. The molecule has 2 aromatic heterocycles. The smallest absolute Gasteiger partial charge is 0.231 e. The minimum absolute atomic E-state index is 0.0573. The van der Waals surface area contributed by atoms with E-state index in [1.807, 2.05) is 12.1 Å². The predicted octanol–water partition coefficient (Wildman–Crippen LogP) is 5.58. The Bertz CT molecular complexity index is 1250. The zero-order chi connectivity index (χ0) is 22.0. The third-order valence-corrected chi connectivity index (χ3v) is 6.62. The lowest BCUT2D eigenvalue weighted by atomic mass is 9.99. The number of Topliss-reactive ketones (excluding diaryl/α,β-unsaturated/α-hetero) is 1. The van der Waals surface area contributed by atoms with Gasteiger partial charge in [0.25, 0.3) is 0 Å². The molecule has 0 saturated carbocycles. The largest absolute Gasteiger partial charge is 0.496 e. The summed E-state index contributed by atoms with van der Waals surface area (Å²) in [6.45, 7) is 1.80. The van der Waals surface area contributed by atoms with Gasteiger partial charge in [-0.1, -0.05) is 11.6 Å². The first-order valence-electron chi connectivity index (χ1n) is 9.39. The Balaban J connectivity index is 1.50. The number of aromatic nitrogens is 2. The van der Waals surface area contributed by atoms with E-state index in [2.05, 4.69) is 15.3 Å². The van der Waals surface area contributed by atoms with Gasteiger partial charge in [0.05, 0.1) is 35.2 Å². The summed E-state index contributed by atoms with van der Waals surface area (Å²) in [6, 6.07) is 10.7. The summed E-state index contributed by atoms with van der Waals surface area (Å²) in [5.41, 5.74) is 4.26. The number of ether oxygens (including phenoxy) is 1. The summed E-state index contributed by atoms with van der Waals surface area (Å²) in [6.07, 6.45) is 0.205. The SMILES string of the molecule is COc1ccc(Cl)cc1C(C)C(=O)Nc1ccc2nc(CC(=O)c3cscn3)sc2c1. The predicted molar refractivity (Wildman–Crippen MR) is 125 cm³/mol. The number of hydrogen-bond donors (Lipinski definition) is 1. The molecular formula is C22H18ClN3O3S2. The van der Waals surface area contributed by atoms with Crippen molar-refractivity contribution in [2.24, 2.45) is 0 Å². The number of ketones is 1. The van der Waals surface area contributed by atoms with E-state index in [1.165, 1.54) is 22.7 Å². The van der Waals surface area contributed by atoms with E-state index >= 15 is 0 Å². The average molecular weight is 472 g/mol. The molecule has 1 atom stereocenters. The number of rotatable bonds is 7. The van der Waals surface area contributed by atoms with Gasteiger partial charge in [-0.2, -0.15) is 0 Å². The number of amides is 1. The van der Waals surface area contributed by atoms with E-state index in [-0.39, 0.29) is 18.1 Å². The monoisotopic (exact) mass is 471 g/mol. The summed E-state index contributed by atoms with van der Waals surface area (Å²) >= 11 is 8.92. The highest BCUT2D eigenvalue weighted by atomic mass is 35.5. The van der Waals surface area contributed by atoms with Gasteiger partial charge in [0, 0.05) is 21.7 Å². The summed E-state index contributed by atoms with van der Waals surface area (Å²) in [5.74, 6) is -0.0852. The Hall–Kier alpha value is -2.81. The van der Waals surface area contributed by atoms with Gasteiger partial charge in [-0.15, -0.1) is 22.7 Å². The molecule has 0 saturated heterocycles. The van der Waals surface area contributed by atoms with E-state index in [0.29, 0.717) is 32.7 Å². The zero-order valence-electron chi connectivity index (χ0n) is 16.7. The molecule has 1 N–H and O–H groups in total. The van der Waals surface area contributed by atoms with Crippen molar-refractivity contribution in [2.75, 3.05) is 12.4 Å². The van der Waals surface area contributed by atoms with Crippen LogP contribution in [0.1, 0.15) is 33.9 Å². The topological polar surface area (TPSA) is 81.2 Å². The van der Waals surface area contributed by atoms with E-state index in [9.17, 15) is 9.59 Å². The Kier molecular flexibility index (Phi) is 6.31. The molecule has 1 unspecified atom stereocenters. The van der Waals surface area contributed by atoms with Crippen molar-refractivity contribution in [1.29, 1.82) is 0 Å². The first-order chi connectivity index (χ1) is 14.9. The van der Waals surface area contributed by atoms with Crippen LogP contribution < -0.4 is 10.1 Å². The van der Waals surface area contributed by atoms with Crippen LogP contribution in [-0.4, -0.2) is 28.8 Å². The van der Waals surface area contributed by atoms with Crippen LogP contribution in [0.3, 0.4) is 0 Å². The summed E-state index contributed by atoms with van der Waals surface area (Å²) in [7, 11) is 1.56. The molecule has 0 bridgehead atoms. The van der Waals surface area contributed by atoms with Crippen molar-refractivity contribution in [3.63, 3.8) is 0 Å². The number of nitrogens with zero attached hydrogens (tertiary/aromatic N) is 2. The lowest BCUT2D eigenvalue weighted by Crippen LogP contribution is -2.19. The number of carbonyl (C=O) groups excluding carboxylic acids is 2. The number of carbonyl (C=O) groups is 2. The van der Waals surface area contributed by atoms with Crippen molar-refractivity contribution in [3.8, 4) is 5.75 Å². The second kappa shape index (κ2) is 9.13. The molecule has 4 aromatic rings. The number of nitrogens with one attached hydrogen (secondary N) is 1. The number of benzene rings is 2. The lowest BCUT2D eigenvalue weighted by molar-refractivity contribution is -0.117. The third-order valence-electron chi connectivity index (χ3n) is 4.78. The van der Waals surface area contributed by atoms with Gasteiger partial charge in [0.15, 0.2) is 5.78 Å². The molecule has 9 heteroatoms. The minimum atomic E-state index is -0.461. The van der Waals surface area contributed by atoms with Gasteiger partial charge in [-0.05, 0) is 43.3 Å². The van der Waals surface area contributed by atoms with Crippen molar-refractivity contribution in [3.05, 3.63) is 68.6 Å². The van der Waals surface area contributed by atoms with E-state index in [1.54, 1.807) is 49.2 Å². The molecule has 4 rings (SSSR count). The minimum Gasteiger partial charge on any atom is -0.496 e. The van der Waals surface area contributed by atoms with E-state index in [0.717, 1.165) is 10.2 Å². The molecule has 0 spiro atoms. The molecule has 158 valence electrons. The number of hydrogen-bond acceptors (Lipinski definition) is 7. The van der Waals surface area contributed by atoms with E-state index < -0.39 is 5.92 Å². The van der Waals surface area contributed by atoms with Crippen LogP contribution >= 0.6 is 34.3 Å². The van der Waals surface area contributed by atoms with Gasteiger partial charge in [0.2, 0.25) is 5.91 Å². The molecule has 0 aliphatic heterocycles. The normalized spacial score (nSPS) is 12.0. The van der Waals surface area contributed by atoms with Crippen LogP contribution in [0.5, 0.6) is 5.75 Å². The molecule has 6 nitrogen and oxygen atoms in total. The van der Waals surface area contributed by atoms with Gasteiger partial charge >= 0.3 is 0 Å². The maximum atomic E-state index is 12.8. The Morgan fingerprint density at radius 2 is 2.06 bits per heavy atom. The summed E-state index contributed by atoms with van der Waals surface area (Å²) in [5, 5.41) is 5.94. The van der Waals surface area contributed by atoms with Gasteiger partial charge in [-0.25, -0.2) is 9.97 Å². The molecule has 1 amide bonds. The fraction of sp³-hybridized carbons (Fsp3) is 0.182. The van der Waals surface area contributed by atoms with Gasteiger partial charge in [-0.3, -0.25) is 9.59 Å². The first kappa shape index (κ1) is 21.4. The number of halogens is 1. The number of fused-ring (bicyclic) bond motifs is 1. The molecule has 2 heterocycles. The molecule has 0 aliphatic carbocycles. The molecule has 31 heavy (non-hydrogen) atoms. The van der Waals surface area contributed by atoms with Crippen LogP contribution in [0.2, 0.25) is 5.02 Å². The van der Waals surface area contributed by atoms with Crippen molar-refractivity contribution >= 4 is 61.9 Å². The van der Waals surface area contributed by atoms with Gasteiger partial charge in [0.1, 0.15) is 16.5 Å². The standard InChI is InChI=1S/C22H18ClN3O3S2/c1-12(15-7-13(23)3-6-19(15)29-2)22(28)25-14-4-5-16-20(8-14)31-21(26-16)9-18(27)17-10-30-11-24-17/h3-8,10-12H,9H2,1-2H3,(H,25,28). The molecule has 0 aliphatic rings. The second-order valence-corrected chi connectivity index (χ2v) is 9.13. The molecular weight excluding hydrogens is 454 g/mol. The maximum Gasteiger partial charge on any atom is 0.231 e. The Morgan fingerprint density at radius 1 is 1.23 bits per heavy atom. The van der Waals surface area contributed by atoms with Gasteiger partial charge < -0.3 is 10.1 Å². The fourth-order valence-corrected chi connectivity index (χ4v) is 4.88. The van der Waals surface area contributed by atoms with Crippen LogP contribution in [0.4, 0.5) is 5.69 Å². The maximum absolute atomic E-state index is 12.8. The van der Waals surface area contributed by atoms with Crippen LogP contribution in [0.15, 0.2) is 47.3 Å². The molecule has 2 aromatic carbocycles. The van der Waals surface area contributed by atoms with Crippen LogP contribution in [-0.2, 0) is 11.2 Å². The number of anilines is 1. The highest BCUT2D eigenvalue weighted by molar-refractivity contribution is 7.18. The molecule has 0 radical (unpaired) electrons. The highest BCUT2D eigenvalue weighted by Crippen LogP contribution is 2.31.